The number of carbonyl (C=O) groups excluding carboxylic acids is 1. The number of para-hydroxylation sites is 2. The number of nitrogens with one attached hydrogen (secondary N) is 1. The SMILES string of the molecule is COc1cc(C#N)cc(Cl)c1OCC(=O)Nc1ccccc1OC(F)F. The molecule has 0 spiro atoms. The zero-order chi connectivity index (χ0) is 19.1. The Hall–Kier alpha value is -3.05. The zero-order valence-electron chi connectivity index (χ0n) is 13.5. The summed E-state index contributed by atoms with van der Waals surface area (Å²) in [4.78, 5) is 12.0. The highest BCUT2D eigenvalue weighted by Crippen LogP contribution is 2.36. The van der Waals surface area contributed by atoms with Crippen LogP contribution in [0.5, 0.6) is 17.2 Å². The maximum absolute atomic E-state index is 12.4. The van der Waals surface area contributed by atoms with Crippen LogP contribution < -0.4 is 19.5 Å². The molecule has 0 aromatic heterocycles. The molecule has 0 aliphatic rings. The van der Waals surface area contributed by atoms with Gasteiger partial charge in [-0.05, 0) is 18.2 Å². The molecule has 0 aliphatic heterocycles. The van der Waals surface area contributed by atoms with Crippen LogP contribution in [0.2, 0.25) is 5.02 Å². The van der Waals surface area contributed by atoms with Crippen molar-refractivity contribution >= 4 is 23.2 Å². The predicted octanol–water partition coefficient (Wildman–Crippen LogP) is 3.84. The van der Waals surface area contributed by atoms with Crippen molar-refractivity contribution in [2.45, 2.75) is 6.61 Å². The van der Waals surface area contributed by atoms with Crippen molar-refractivity contribution in [2.75, 3.05) is 19.0 Å². The molecule has 9 heteroatoms. The third-order valence-electron chi connectivity index (χ3n) is 3.08. The molecule has 0 unspecified atom stereocenters. The van der Waals surface area contributed by atoms with Crippen molar-refractivity contribution in [1.29, 1.82) is 5.26 Å². The van der Waals surface area contributed by atoms with Crippen molar-refractivity contribution in [2.24, 2.45) is 0 Å². The lowest BCUT2D eigenvalue weighted by atomic mass is 10.2. The third-order valence-corrected chi connectivity index (χ3v) is 3.36. The van der Waals surface area contributed by atoms with E-state index in [1.807, 2.05) is 6.07 Å². The van der Waals surface area contributed by atoms with Crippen LogP contribution in [-0.2, 0) is 4.79 Å². The fourth-order valence-electron chi connectivity index (χ4n) is 2.02. The topological polar surface area (TPSA) is 80.6 Å². The molecule has 26 heavy (non-hydrogen) atoms. The molecule has 2 rings (SSSR count). The van der Waals surface area contributed by atoms with Crippen molar-refractivity contribution in [3.63, 3.8) is 0 Å². The van der Waals surface area contributed by atoms with E-state index < -0.39 is 19.1 Å². The number of hydrogen-bond donors (Lipinski definition) is 1. The van der Waals surface area contributed by atoms with Crippen molar-refractivity contribution in [3.8, 4) is 23.3 Å². The summed E-state index contributed by atoms with van der Waals surface area (Å²) >= 11 is 6.03. The van der Waals surface area contributed by atoms with E-state index in [4.69, 9.17) is 26.3 Å². The van der Waals surface area contributed by atoms with Gasteiger partial charge in [0.25, 0.3) is 5.91 Å². The summed E-state index contributed by atoms with van der Waals surface area (Å²) in [5.74, 6) is -0.536. The molecule has 0 heterocycles. The summed E-state index contributed by atoms with van der Waals surface area (Å²) < 4.78 is 39.5. The summed E-state index contributed by atoms with van der Waals surface area (Å²) in [6.07, 6.45) is 0. The lowest BCUT2D eigenvalue weighted by molar-refractivity contribution is -0.118. The molecule has 1 amide bonds. The van der Waals surface area contributed by atoms with Gasteiger partial charge in [-0.2, -0.15) is 14.0 Å². The first-order chi connectivity index (χ1) is 12.4. The summed E-state index contributed by atoms with van der Waals surface area (Å²) in [6.45, 7) is -3.49. The van der Waals surface area contributed by atoms with E-state index in [1.165, 1.54) is 37.4 Å². The minimum atomic E-state index is -3.02. The molecule has 1 N–H and O–H groups in total. The maximum atomic E-state index is 12.4. The lowest BCUT2D eigenvalue weighted by Crippen LogP contribution is -2.21. The lowest BCUT2D eigenvalue weighted by Gasteiger charge is -2.14. The fraction of sp³-hybridized carbons (Fsp3) is 0.176. The maximum Gasteiger partial charge on any atom is 0.387 e. The van der Waals surface area contributed by atoms with E-state index in [0.717, 1.165) is 0 Å². The van der Waals surface area contributed by atoms with Crippen LogP contribution in [0.25, 0.3) is 0 Å². The summed E-state index contributed by atoms with van der Waals surface area (Å²) in [5.41, 5.74) is 0.334. The monoisotopic (exact) mass is 382 g/mol. The number of benzene rings is 2. The summed E-state index contributed by atoms with van der Waals surface area (Å²) in [7, 11) is 1.36. The van der Waals surface area contributed by atoms with E-state index in [2.05, 4.69) is 10.1 Å². The smallest absolute Gasteiger partial charge is 0.387 e. The van der Waals surface area contributed by atoms with Gasteiger partial charge in [0.05, 0.1) is 29.5 Å². The Morgan fingerprint density at radius 3 is 2.69 bits per heavy atom. The van der Waals surface area contributed by atoms with Gasteiger partial charge in [-0.3, -0.25) is 4.79 Å². The van der Waals surface area contributed by atoms with Gasteiger partial charge in [0.15, 0.2) is 18.1 Å². The number of rotatable bonds is 7. The number of amides is 1. The Labute approximate surface area is 152 Å². The second-order valence-electron chi connectivity index (χ2n) is 4.81. The molecular formula is C17H13ClF2N2O4. The van der Waals surface area contributed by atoms with Crippen molar-refractivity contribution in [1.82, 2.24) is 0 Å². The first-order valence-corrected chi connectivity index (χ1v) is 7.56. The van der Waals surface area contributed by atoms with E-state index in [0.29, 0.717) is 0 Å². The average molecular weight is 383 g/mol. The second kappa shape index (κ2) is 8.87. The van der Waals surface area contributed by atoms with E-state index in [-0.39, 0.29) is 33.5 Å². The normalized spacial score (nSPS) is 10.2. The zero-order valence-corrected chi connectivity index (χ0v) is 14.2. The highest BCUT2D eigenvalue weighted by Gasteiger charge is 2.15. The number of alkyl halides is 2. The van der Waals surface area contributed by atoms with Crippen LogP contribution in [0.3, 0.4) is 0 Å². The number of anilines is 1. The predicted molar refractivity (Wildman–Crippen MR) is 89.9 cm³/mol. The molecule has 2 aromatic carbocycles. The Kier molecular flexibility index (Phi) is 6.58. The van der Waals surface area contributed by atoms with Crippen LogP contribution in [0.15, 0.2) is 36.4 Å². The van der Waals surface area contributed by atoms with Gasteiger partial charge in [-0.1, -0.05) is 23.7 Å². The van der Waals surface area contributed by atoms with E-state index in [1.54, 1.807) is 6.07 Å². The molecule has 0 saturated carbocycles. The number of ether oxygens (including phenoxy) is 3. The van der Waals surface area contributed by atoms with Crippen molar-refractivity contribution < 1.29 is 27.8 Å². The summed E-state index contributed by atoms with van der Waals surface area (Å²) in [6, 6.07) is 10.4. The fourth-order valence-corrected chi connectivity index (χ4v) is 2.28. The Morgan fingerprint density at radius 2 is 2.04 bits per heavy atom. The van der Waals surface area contributed by atoms with Gasteiger partial charge in [0, 0.05) is 6.07 Å². The Morgan fingerprint density at radius 1 is 1.31 bits per heavy atom. The molecule has 0 radical (unpaired) electrons. The Bertz CT molecular complexity index is 840. The van der Waals surface area contributed by atoms with Gasteiger partial charge >= 0.3 is 6.61 Å². The highest BCUT2D eigenvalue weighted by atomic mass is 35.5. The molecular weight excluding hydrogens is 370 g/mol. The number of methoxy groups -OCH3 is 1. The first kappa shape index (κ1) is 19.3. The average Bonchev–Trinajstić information content (AvgIpc) is 2.61. The van der Waals surface area contributed by atoms with Gasteiger partial charge in [-0.15, -0.1) is 0 Å². The van der Waals surface area contributed by atoms with Crippen LogP contribution >= 0.6 is 11.6 Å². The molecule has 0 saturated heterocycles. The van der Waals surface area contributed by atoms with E-state index >= 15 is 0 Å². The molecule has 0 atom stereocenters. The number of nitriles is 1. The minimum Gasteiger partial charge on any atom is -0.493 e. The van der Waals surface area contributed by atoms with Gasteiger partial charge in [0.2, 0.25) is 0 Å². The molecule has 0 bridgehead atoms. The van der Waals surface area contributed by atoms with Crippen molar-refractivity contribution in [3.05, 3.63) is 47.0 Å². The molecule has 0 aliphatic carbocycles. The van der Waals surface area contributed by atoms with Crippen LogP contribution in [0, 0.1) is 11.3 Å². The third kappa shape index (κ3) is 4.97. The minimum absolute atomic E-state index is 0.0688. The van der Waals surface area contributed by atoms with E-state index in [9.17, 15) is 13.6 Å². The first-order valence-electron chi connectivity index (χ1n) is 7.18. The van der Waals surface area contributed by atoms with Crippen LogP contribution in [-0.4, -0.2) is 26.2 Å². The number of halogens is 3. The largest absolute Gasteiger partial charge is 0.493 e. The van der Waals surface area contributed by atoms with Gasteiger partial charge in [-0.25, -0.2) is 0 Å². The van der Waals surface area contributed by atoms with Gasteiger partial charge in [0.1, 0.15) is 5.75 Å². The van der Waals surface area contributed by atoms with Crippen LogP contribution in [0.4, 0.5) is 14.5 Å². The standard InChI is InChI=1S/C17H13ClF2N2O4/c1-24-14-7-10(8-21)6-11(18)16(14)25-9-15(23)22-12-4-2-3-5-13(12)26-17(19)20/h2-7,17H,9H2,1H3,(H,22,23). The quantitative estimate of drug-likeness (QED) is 0.787. The molecule has 2 aromatic rings. The molecule has 6 nitrogen and oxygen atoms in total. The van der Waals surface area contributed by atoms with Crippen LogP contribution in [0.1, 0.15) is 5.56 Å². The highest BCUT2D eigenvalue weighted by molar-refractivity contribution is 6.32. The molecule has 0 fully saturated rings. The summed E-state index contributed by atoms with van der Waals surface area (Å²) in [5, 5.41) is 11.4. The molecule has 136 valence electrons. The van der Waals surface area contributed by atoms with Gasteiger partial charge < -0.3 is 19.5 Å². The number of hydrogen-bond acceptors (Lipinski definition) is 5. The number of carbonyl (C=O) groups is 1. The number of nitrogens with zero attached hydrogens (tertiary/aromatic N) is 1. The Balaban J connectivity index is 2.08. The second-order valence-corrected chi connectivity index (χ2v) is 5.22.